The molecule has 0 bridgehead atoms. The summed E-state index contributed by atoms with van der Waals surface area (Å²) in [7, 11) is -0.325. The highest BCUT2D eigenvalue weighted by atomic mass is 32.1. The Morgan fingerprint density at radius 2 is 1.87 bits per heavy atom. The summed E-state index contributed by atoms with van der Waals surface area (Å²) in [6.07, 6.45) is 3.67. The number of nitrogens with zero attached hydrogens (tertiary/aromatic N) is 3. The smallest absolute Gasteiger partial charge is 0.399 e. The summed E-state index contributed by atoms with van der Waals surface area (Å²) < 4.78 is 15.1. The summed E-state index contributed by atoms with van der Waals surface area (Å²) in [6.45, 7) is 8.26. The zero-order chi connectivity index (χ0) is 16.2. The summed E-state index contributed by atoms with van der Waals surface area (Å²) in [5.41, 5.74) is 1.11. The minimum Gasteiger partial charge on any atom is -0.399 e. The van der Waals surface area contributed by atoms with E-state index in [-0.39, 0.29) is 18.3 Å². The second-order valence-electron chi connectivity index (χ2n) is 6.74. The van der Waals surface area contributed by atoms with E-state index in [1.54, 1.807) is 22.0 Å². The molecule has 1 aliphatic rings. The van der Waals surface area contributed by atoms with Crippen LogP contribution in [-0.4, -0.2) is 32.9 Å². The van der Waals surface area contributed by atoms with Crippen molar-refractivity contribution in [3.8, 4) is 10.6 Å². The van der Waals surface area contributed by atoms with Crippen LogP contribution in [0.3, 0.4) is 0 Å². The van der Waals surface area contributed by atoms with Gasteiger partial charge in [-0.1, -0.05) is 6.07 Å². The Labute approximate surface area is 139 Å². The molecule has 0 aromatic carbocycles. The van der Waals surface area contributed by atoms with Gasteiger partial charge in [-0.3, -0.25) is 0 Å². The van der Waals surface area contributed by atoms with Crippen molar-refractivity contribution in [2.45, 2.75) is 38.9 Å². The predicted molar refractivity (Wildman–Crippen MR) is 92.0 cm³/mol. The lowest BCUT2D eigenvalue weighted by Crippen LogP contribution is -2.41. The first kappa shape index (κ1) is 14.9. The Balaban J connectivity index is 1.65. The molecule has 0 unspecified atom stereocenters. The van der Waals surface area contributed by atoms with Crippen LogP contribution in [-0.2, 0) is 9.31 Å². The molecule has 1 aliphatic heterocycles. The average Bonchev–Trinajstić information content (AvgIpc) is 3.16. The third kappa shape index (κ3) is 2.39. The lowest BCUT2D eigenvalue weighted by molar-refractivity contribution is 0.00578. The first-order valence-electron chi connectivity index (χ1n) is 7.62. The molecule has 3 aromatic heterocycles. The maximum atomic E-state index is 6.11. The van der Waals surface area contributed by atoms with Crippen molar-refractivity contribution >= 4 is 28.9 Å². The van der Waals surface area contributed by atoms with Crippen molar-refractivity contribution in [3.63, 3.8) is 0 Å². The van der Waals surface area contributed by atoms with Gasteiger partial charge in [0.2, 0.25) is 0 Å². The molecule has 4 heterocycles. The number of thiophene rings is 1. The van der Waals surface area contributed by atoms with Crippen LogP contribution in [0, 0.1) is 0 Å². The van der Waals surface area contributed by atoms with Gasteiger partial charge in [0.25, 0.3) is 0 Å². The van der Waals surface area contributed by atoms with Crippen molar-refractivity contribution in [2.75, 3.05) is 0 Å². The molecule has 0 N–H and O–H groups in total. The van der Waals surface area contributed by atoms with Crippen molar-refractivity contribution < 1.29 is 9.31 Å². The Kier molecular flexibility index (Phi) is 3.17. The van der Waals surface area contributed by atoms with E-state index < -0.39 is 0 Å². The van der Waals surface area contributed by atoms with Crippen molar-refractivity contribution in [3.05, 3.63) is 36.7 Å². The molecule has 3 aromatic rings. The number of aromatic nitrogens is 3. The van der Waals surface area contributed by atoms with Crippen LogP contribution < -0.4 is 4.78 Å². The highest BCUT2D eigenvalue weighted by Crippen LogP contribution is 2.37. The molecule has 1 fully saturated rings. The third-order valence-corrected chi connectivity index (χ3v) is 5.73. The quantitative estimate of drug-likeness (QED) is 0.679. The highest BCUT2D eigenvalue weighted by Gasteiger charge is 2.52. The maximum Gasteiger partial charge on any atom is 0.505 e. The van der Waals surface area contributed by atoms with Crippen molar-refractivity contribution in [1.29, 1.82) is 0 Å². The monoisotopic (exact) mass is 327 g/mol. The normalized spacial score (nSPS) is 19.6. The Morgan fingerprint density at radius 1 is 1.13 bits per heavy atom. The van der Waals surface area contributed by atoms with Crippen LogP contribution in [0.25, 0.3) is 16.2 Å². The Hall–Kier alpha value is -1.70. The van der Waals surface area contributed by atoms with E-state index >= 15 is 0 Å². The van der Waals surface area contributed by atoms with Gasteiger partial charge in [-0.15, -0.1) is 11.3 Å². The van der Waals surface area contributed by atoms with Gasteiger partial charge in [0.15, 0.2) is 5.65 Å². The Bertz CT molecular complexity index is 822. The molecule has 0 aliphatic carbocycles. The molecule has 23 heavy (non-hydrogen) atoms. The zero-order valence-corrected chi connectivity index (χ0v) is 14.4. The van der Waals surface area contributed by atoms with Gasteiger partial charge in [-0.2, -0.15) is 5.10 Å². The summed E-state index contributed by atoms with van der Waals surface area (Å²) in [6, 6.07) is 7.97. The molecule has 0 amide bonds. The predicted octanol–water partition coefficient (Wildman–Crippen LogP) is 2.76. The first-order chi connectivity index (χ1) is 10.9. The zero-order valence-electron chi connectivity index (χ0n) is 13.6. The molecule has 0 radical (unpaired) electrons. The van der Waals surface area contributed by atoms with Crippen LogP contribution in [0.5, 0.6) is 0 Å². The summed E-state index contributed by atoms with van der Waals surface area (Å²) in [5, 5.41) is 4.56. The lowest BCUT2D eigenvalue weighted by Gasteiger charge is -2.32. The summed E-state index contributed by atoms with van der Waals surface area (Å²) in [4.78, 5) is 5.39. The van der Waals surface area contributed by atoms with Crippen LogP contribution in [0.2, 0.25) is 0 Å². The van der Waals surface area contributed by atoms with Crippen LogP contribution in [0.4, 0.5) is 0 Å². The second-order valence-corrected chi connectivity index (χ2v) is 7.86. The molecule has 0 spiro atoms. The minimum atomic E-state index is -0.325. The van der Waals surface area contributed by atoms with Gasteiger partial charge in [-0.25, -0.2) is 9.50 Å². The fourth-order valence-corrected chi connectivity index (χ4v) is 3.45. The van der Waals surface area contributed by atoms with E-state index in [1.165, 1.54) is 0 Å². The summed E-state index contributed by atoms with van der Waals surface area (Å²) in [5.74, 6) is 0. The molecular formula is C16H18BN3O2S. The van der Waals surface area contributed by atoms with E-state index in [9.17, 15) is 0 Å². The molecule has 7 heteroatoms. The van der Waals surface area contributed by atoms with E-state index in [2.05, 4.69) is 49.9 Å². The molecule has 0 saturated carbocycles. The van der Waals surface area contributed by atoms with E-state index in [4.69, 9.17) is 9.31 Å². The Morgan fingerprint density at radius 3 is 2.57 bits per heavy atom. The average molecular weight is 327 g/mol. The fraction of sp³-hybridized carbons (Fsp3) is 0.375. The van der Waals surface area contributed by atoms with Gasteiger partial charge in [0.05, 0.1) is 16.1 Å². The lowest BCUT2D eigenvalue weighted by atomic mass is 9.88. The van der Waals surface area contributed by atoms with Crippen LogP contribution >= 0.6 is 11.3 Å². The standard InChI is InChI=1S/C16H18BN3O2S/c1-15(2)16(3,4)22-17(21-15)13-7-6-12(23-13)11-10-14-18-8-5-9-20(14)19-11/h5-10H,1-4H3. The van der Waals surface area contributed by atoms with E-state index in [1.807, 2.05) is 18.3 Å². The SMILES string of the molecule is CC1(C)OB(c2ccc(-c3cc4ncccn4n3)s2)OC1(C)C. The number of hydrogen-bond acceptors (Lipinski definition) is 5. The molecule has 0 atom stereocenters. The second kappa shape index (κ2) is 4.90. The molecule has 1 saturated heterocycles. The van der Waals surface area contributed by atoms with Gasteiger partial charge in [0, 0.05) is 23.2 Å². The topological polar surface area (TPSA) is 48.7 Å². The maximum absolute atomic E-state index is 6.11. The molecular weight excluding hydrogens is 309 g/mol. The van der Waals surface area contributed by atoms with E-state index in [0.717, 1.165) is 21.0 Å². The minimum absolute atomic E-state index is 0.325. The van der Waals surface area contributed by atoms with E-state index in [0.29, 0.717) is 0 Å². The van der Waals surface area contributed by atoms with Crippen molar-refractivity contribution in [2.24, 2.45) is 0 Å². The largest absolute Gasteiger partial charge is 0.505 e. The fourth-order valence-electron chi connectivity index (χ4n) is 2.53. The number of hydrogen-bond donors (Lipinski definition) is 0. The van der Waals surface area contributed by atoms with Crippen molar-refractivity contribution in [1.82, 2.24) is 14.6 Å². The highest BCUT2D eigenvalue weighted by molar-refractivity contribution is 7.25. The number of rotatable bonds is 2. The molecule has 4 rings (SSSR count). The van der Waals surface area contributed by atoms with Gasteiger partial charge in [-0.05, 0) is 39.8 Å². The van der Waals surface area contributed by atoms with Gasteiger partial charge < -0.3 is 9.31 Å². The number of fused-ring (bicyclic) bond motifs is 1. The third-order valence-electron chi connectivity index (χ3n) is 4.60. The molecule has 5 nitrogen and oxygen atoms in total. The summed E-state index contributed by atoms with van der Waals surface area (Å²) >= 11 is 1.65. The van der Waals surface area contributed by atoms with Gasteiger partial charge >= 0.3 is 7.12 Å². The molecule has 118 valence electrons. The first-order valence-corrected chi connectivity index (χ1v) is 8.43. The van der Waals surface area contributed by atoms with Crippen LogP contribution in [0.1, 0.15) is 27.7 Å². The van der Waals surface area contributed by atoms with Crippen LogP contribution in [0.15, 0.2) is 36.7 Å². The van der Waals surface area contributed by atoms with Gasteiger partial charge in [0.1, 0.15) is 5.69 Å².